The molecular formula is C21H32O4. The van der Waals surface area contributed by atoms with Crippen molar-refractivity contribution in [3.63, 3.8) is 0 Å². The van der Waals surface area contributed by atoms with Gasteiger partial charge in [0.2, 0.25) is 0 Å². The summed E-state index contributed by atoms with van der Waals surface area (Å²) in [6, 6.07) is 0. The molecule has 4 heteroatoms. The van der Waals surface area contributed by atoms with Crippen molar-refractivity contribution in [3.8, 4) is 0 Å². The van der Waals surface area contributed by atoms with Crippen molar-refractivity contribution >= 4 is 5.78 Å². The summed E-state index contributed by atoms with van der Waals surface area (Å²) in [5.74, 6) is 1.08. The summed E-state index contributed by atoms with van der Waals surface area (Å²) in [5.41, 5.74) is -0.410. The van der Waals surface area contributed by atoms with E-state index in [1.807, 2.05) is 6.08 Å². The molecule has 0 aliphatic heterocycles. The van der Waals surface area contributed by atoms with E-state index in [1.165, 1.54) is 5.57 Å². The molecule has 4 aliphatic rings. The summed E-state index contributed by atoms with van der Waals surface area (Å²) in [6.07, 6.45) is 5.96. The van der Waals surface area contributed by atoms with Gasteiger partial charge in [0.15, 0.2) is 5.78 Å². The minimum Gasteiger partial charge on any atom is -0.393 e. The largest absolute Gasteiger partial charge is 0.393 e. The molecule has 0 aromatic carbocycles. The van der Waals surface area contributed by atoms with Crippen molar-refractivity contribution in [2.45, 2.75) is 83.5 Å². The molecule has 0 aromatic heterocycles. The Bertz CT molecular complexity index is 625. The van der Waals surface area contributed by atoms with E-state index >= 15 is 0 Å². The zero-order valence-electron chi connectivity index (χ0n) is 15.7. The lowest BCUT2D eigenvalue weighted by atomic mass is 9.45. The van der Waals surface area contributed by atoms with Crippen LogP contribution in [0.1, 0.15) is 65.7 Å². The van der Waals surface area contributed by atoms with Gasteiger partial charge >= 0.3 is 0 Å². The summed E-state index contributed by atoms with van der Waals surface area (Å²) in [6.45, 7) is 6.00. The number of hydrogen-bond acceptors (Lipinski definition) is 4. The average molecular weight is 348 g/mol. The molecule has 3 fully saturated rings. The number of hydrogen-bond donors (Lipinski definition) is 3. The molecule has 140 valence electrons. The monoisotopic (exact) mass is 348 g/mol. The first-order chi connectivity index (χ1) is 11.6. The molecule has 0 aromatic rings. The van der Waals surface area contributed by atoms with Gasteiger partial charge in [-0.25, -0.2) is 0 Å². The van der Waals surface area contributed by atoms with Crippen LogP contribution in [0.4, 0.5) is 0 Å². The number of carbonyl (C=O) groups excluding carboxylic acids is 1. The van der Waals surface area contributed by atoms with Gasteiger partial charge in [-0.3, -0.25) is 4.79 Å². The fourth-order valence-electron chi connectivity index (χ4n) is 7.41. The number of aliphatic hydroxyl groups is 3. The minimum absolute atomic E-state index is 0.0941. The van der Waals surface area contributed by atoms with E-state index in [1.54, 1.807) is 6.92 Å². The van der Waals surface area contributed by atoms with Crippen molar-refractivity contribution < 1.29 is 20.1 Å². The maximum atomic E-state index is 11.9. The molecule has 4 nitrogen and oxygen atoms in total. The Kier molecular flexibility index (Phi) is 3.82. The molecule has 0 unspecified atom stereocenters. The van der Waals surface area contributed by atoms with Crippen molar-refractivity contribution in [1.29, 1.82) is 0 Å². The van der Waals surface area contributed by atoms with E-state index in [0.29, 0.717) is 31.1 Å². The molecule has 8 atom stereocenters. The normalized spacial score (nSPS) is 53.5. The minimum atomic E-state index is -1.11. The van der Waals surface area contributed by atoms with Crippen LogP contribution < -0.4 is 0 Å². The Labute approximate surface area is 150 Å². The lowest BCUT2D eigenvalue weighted by molar-refractivity contribution is -0.199. The number of allylic oxidation sites excluding steroid dienone is 1. The first-order valence-corrected chi connectivity index (χ1v) is 9.96. The highest BCUT2D eigenvalue weighted by atomic mass is 16.3. The van der Waals surface area contributed by atoms with Crippen LogP contribution in [0.25, 0.3) is 0 Å². The molecule has 0 spiro atoms. The molecule has 0 heterocycles. The molecule has 0 radical (unpaired) electrons. The highest BCUT2D eigenvalue weighted by molar-refractivity contribution is 5.91. The number of aliphatic hydroxyl groups excluding tert-OH is 2. The SMILES string of the molecule is C[C@@H](O)[C@@]1(O)CC[C@H]2[C@@H]3CCC4=CC(=O)CC[C@]4(C)[C@@H]3[C@@H](O)C[C@@]21C. The number of rotatable bonds is 1. The Morgan fingerprint density at radius 2 is 1.92 bits per heavy atom. The number of carbonyl (C=O) groups is 1. The topological polar surface area (TPSA) is 77.8 Å². The van der Waals surface area contributed by atoms with Crippen LogP contribution >= 0.6 is 0 Å². The van der Waals surface area contributed by atoms with Gasteiger partial charge < -0.3 is 15.3 Å². The van der Waals surface area contributed by atoms with E-state index in [0.717, 1.165) is 25.7 Å². The van der Waals surface area contributed by atoms with E-state index < -0.39 is 23.2 Å². The predicted octanol–water partition coefficient (Wildman–Crippen LogP) is 2.60. The van der Waals surface area contributed by atoms with Gasteiger partial charge in [-0.15, -0.1) is 0 Å². The van der Waals surface area contributed by atoms with Gasteiger partial charge in [-0.1, -0.05) is 19.4 Å². The highest BCUT2D eigenvalue weighted by Gasteiger charge is 2.67. The average Bonchev–Trinajstić information content (AvgIpc) is 2.80. The summed E-state index contributed by atoms with van der Waals surface area (Å²) in [7, 11) is 0. The van der Waals surface area contributed by atoms with Gasteiger partial charge in [-0.05, 0) is 74.7 Å². The van der Waals surface area contributed by atoms with E-state index in [-0.39, 0.29) is 17.1 Å². The van der Waals surface area contributed by atoms with E-state index in [4.69, 9.17) is 0 Å². The van der Waals surface area contributed by atoms with Crippen molar-refractivity contribution in [2.75, 3.05) is 0 Å². The molecule has 4 rings (SSSR count). The fraction of sp³-hybridized carbons (Fsp3) is 0.857. The fourth-order valence-corrected chi connectivity index (χ4v) is 7.41. The summed E-state index contributed by atoms with van der Waals surface area (Å²) < 4.78 is 0. The maximum absolute atomic E-state index is 11.9. The number of ketones is 1. The third-order valence-corrected chi connectivity index (χ3v) is 8.80. The Morgan fingerprint density at radius 3 is 2.60 bits per heavy atom. The zero-order chi connectivity index (χ0) is 18.2. The smallest absolute Gasteiger partial charge is 0.155 e. The third-order valence-electron chi connectivity index (χ3n) is 8.80. The lowest BCUT2D eigenvalue weighted by Crippen LogP contribution is -2.62. The van der Waals surface area contributed by atoms with Gasteiger partial charge in [-0.2, -0.15) is 0 Å². The molecule has 3 saturated carbocycles. The summed E-state index contributed by atoms with van der Waals surface area (Å²) in [5, 5.41) is 32.7. The van der Waals surface area contributed by atoms with Gasteiger partial charge in [0.05, 0.1) is 17.8 Å². The van der Waals surface area contributed by atoms with Crippen LogP contribution in [0, 0.1) is 28.6 Å². The van der Waals surface area contributed by atoms with Crippen molar-refractivity contribution in [2.24, 2.45) is 28.6 Å². The highest BCUT2D eigenvalue weighted by Crippen LogP contribution is 2.67. The Balaban J connectivity index is 1.74. The maximum Gasteiger partial charge on any atom is 0.155 e. The lowest BCUT2D eigenvalue weighted by Gasteiger charge is -2.61. The molecule has 0 saturated heterocycles. The van der Waals surface area contributed by atoms with E-state index in [2.05, 4.69) is 13.8 Å². The molecule has 0 bridgehead atoms. The second-order valence-corrected chi connectivity index (χ2v) is 9.72. The molecule has 4 aliphatic carbocycles. The molecular weight excluding hydrogens is 316 g/mol. The third kappa shape index (κ3) is 2.14. The zero-order valence-corrected chi connectivity index (χ0v) is 15.7. The van der Waals surface area contributed by atoms with Crippen LogP contribution in [-0.2, 0) is 4.79 Å². The van der Waals surface area contributed by atoms with Crippen LogP contribution in [0.3, 0.4) is 0 Å². The van der Waals surface area contributed by atoms with Gasteiger partial charge in [0.25, 0.3) is 0 Å². The second kappa shape index (κ2) is 5.40. The molecule has 3 N–H and O–H groups in total. The van der Waals surface area contributed by atoms with Gasteiger partial charge in [0, 0.05) is 11.8 Å². The molecule has 25 heavy (non-hydrogen) atoms. The van der Waals surface area contributed by atoms with Crippen LogP contribution in [0.5, 0.6) is 0 Å². The van der Waals surface area contributed by atoms with Crippen LogP contribution in [-0.4, -0.2) is 38.9 Å². The van der Waals surface area contributed by atoms with Crippen LogP contribution in [0.2, 0.25) is 0 Å². The second-order valence-electron chi connectivity index (χ2n) is 9.72. The van der Waals surface area contributed by atoms with E-state index in [9.17, 15) is 20.1 Å². The van der Waals surface area contributed by atoms with Gasteiger partial charge in [0.1, 0.15) is 0 Å². The first-order valence-electron chi connectivity index (χ1n) is 9.96. The Morgan fingerprint density at radius 1 is 1.20 bits per heavy atom. The number of fused-ring (bicyclic) bond motifs is 5. The van der Waals surface area contributed by atoms with Crippen molar-refractivity contribution in [3.05, 3.63) is 11.6 Å². The van der Waals surface area contributed by atoms with Crippen molar-refractivity contribution in [1.82, 2.24) is 0 Å². The summed E-state index contributed by atoms with van der Waals surface area (Å²) in [4.78, 5) is 11.9. The standard InChI is InChI=1S/C21H32O4/c1-12(22)21(25)9-7-16-15-5-4-13-10-14(23)6-8-19(13,2)18(15)17(24)11-20(16,21)3/h10,12,15-18,22,24-25H,4-9,11H2,1-3H3/t12-,15+,16+,17+,18+,19+,20+,21+/m1/s1. The molecule has 0 amide bonds. The predicted molar refractivity (Wildman–Crippen MR) is 94.7 cm³/mol. The van der Waals surface area contributed by atoms with Crippen LogP contribution in [0.15, 0.2) is 11.6 Å². The first kappa shape index (κ1) is 17.7. The quantitative estimate of drug-likeness (QED) is 0.681. The summed E-state index contributed by atoms with van der Waals surface area (Å²) >= 11 is 0. The Hall–Kier alpha value is -0.710.